The number of carbonyl (C=O) groups is 1. The van der Waals surface area contributed by atoms with E-state index in [0.29, 0.717) is 19.0 Å². The molecule has 2 rings (SSSR count). The first-order valence-electron chi connectivity index (χ1n) is 6.68. The van der Waals surface area contributed by atoms with Crippen molar-refractivity contribution in [3.63, 3.8) is 0 Å². The van der Waals surface area contributed by atoms with Gasteiger partial charge in [0.05, 0.1) is 27.2 Å². The van der Waals surface area contributed by atoms with Crippen LogP contribution in [0.2, 0.25) is 0 Å². The predicted molar refractivity (Wildman–Crippen MR) is 68.2 cm³/mol. The minimum absolute atomic E-state index is 0. The molecule has 0 aromatic heterocycles. The molecule has 0 aromatic carbocycles. The SMILES string of the molecule is C[N+]1(C)CCCC[C@H]1C#CCN1CCCC1=O.[I-]. The Balaban J connectivity index is 0.00000162. The lowest BCUT2D eigenvalue weighted by Gasteiger charge is -2.38. The van der Waals surface area contributed by atoms with Crippen LogP contribution in [0.1, 0.15) is 32.1 Å². The summed E-state index contributed by atoms with van der Waals surface area (Å²) in [6.45, 7) is 2.76. The van der Waals surface area contributed by atoms with Crippen LogP contribution in [0.4, 0.5) is 0 Å². The largest absolute Gasteiger partial charge is 1.00 e. The number of carbonyl (C=O) groups excluding carboxylic acids is 1. The monoisotopic (exact) mass is 362 g/mol. The molecule has 3 nitrogen and oxygen atoms in total. The van der Waals surface area contributed by atoms with Crippen LogP contribution in [-0.4, -0.2) is 55.1 Å². The molecule has 2 heterocycles. The topological polar surface area (TPSA) is 20.3 Å². The van der Waals surface area contributed by atoms with Gasteiger partial charge in [-0.2, -0.15) is 0 Å². The van der Waals surface area contributed by atoms with E-state index >= 15 is 0 Å². The Bertz CT molecular complexity index is 357. The standard InChI is InChI=1S/C14H23N2O.HI/c1-16(2)12-4-3-7-13(16)8-5-10-15-11-6-9-14(15)17;/h13H,3-4,6-7,9-12H2,1-2H3;1H/q+1;/p-1/t13-;/m0./s1. The van der Waals surface area contributed by atoms with Crippen molar-refractivity contribution in [3.05, 3.63) is 0 Å². The Morgan fingerprint density at radius 2 is 2.11 bits per heavy atom. The molecule has 18 heavy (non-hydrogen) atoms. The van der Waals surface area contributed by atoms with E-state index in [0.717, 1.165) is 17.4 Å². The third-order valence-electron chi connectivity index (χ3n) is 4.02. The molecule has 102 valence electrons. The summed E-state index contributed by atoms with van der Waals surface area (Å²) in [5.41, 5.74) is 0. The smallest absolute Gasteiger partial charge is 0.223 e. The third-order valence-corrected chi connectivity index (χ3v) is 4.02. The predicted octanol–water partition coefficient (Wildman–Crippen LogP) is -1.75. The van der Waals surface area contributed by atoms with Crippen molar-refractivity contribution in [1.82, 2.24) is 4.90 Å². The Labute approximate surface area is 128 Å². The van der Waals surface area contributed by atoms with Crippen LogP contribution in [-0.2, 0) is 4.79 Å². The molecule has 2 aliphatic rings. The Morgan fingerprint density at radius 3 is 2.72 bits per heavy atom. The molecule has 0 bridgehead atoms. The summed E-state index contributed by atoms with van der Waals surface area (Å²) in [6.07, 6.45) is 5.53. The Hall–Kier alpha value is -0.280. The number of quaternary nitrogens is 1. The first-order chi connectivity index (χ1) is 8.09. The molecule has 2 aliphatic heterocycles. The average molecular weight is 362 g/mol. The molecule has 0 spiro atoms. The number of likely N-dealkylation sites (tertiary alicyclic amines) is 2. The van der Waals surface area contributed by atoms with E-state index in [1.807, 2.05) is 4.90 Å². The molecule has 0 N–H and O–H groups in total. The highest BCUT2D eigenvalue weighted by Gasteiger charge is 2.29. The van der Waals surface area contributed by atoms with E-state index in [1.165, 1.54) is 25.8 Å². The molecule has 0 aromatic rings. The van der Waals surface area contributed by atoms with Gasteiger partial charge in [0, 0.05) is 19.4 Å². The van der Waals surface area contributed by atoms with Gasteiger partial charge in [-0.1, -0.05) is 5.92 Å². The van der Waals surface area contributed by atoms with Crippen molar-refractivity contribution in [2.24, 2.45) is 0 Å². The quantitative estimate of drug-likeness (QED) is 0.308. The van der Waals surface area contributed by atoms with Gasteiger partial charge in [-0.05, 0) is 25.2 Å². The number of amides is 1. The van der Waals surface area contributed by atoms with Crippen molar-refractivity contribution in [2.45, 2.75) is 38.1 Å². The van der Waals surface area contributed by atoms with Gasteiger partial charge in [0.2, 0.25) is 5.91 Å². The lowest BCUT2D eigenvalue weighted by molar-refractivity contribution is -0.911. The maximum Gasteiger partial charge on any atom is 0.223 e. The van der Waals surface area contributed by atoms with Gasteiger partial charge in [0.25, 0.3) is 0 Å². The average Bonchev–Trinajstić information content (AvgIpc) is 2.67. The number of nitrogens with zero attached hydrogens (tertiary/aromatic N) is 2. The van der Waals surface area contributed by atoms with Crippen LogP contribution in [0.25, 0.3) is 0 Å². The molecule has 1 amide bonds. The van der Waals surface area contributed by atoms with Crippen molar-refractivity contribution in [3.8, 4) is 11.8 Å². The third kappa shape index (κ3) is 3.86. The maximum atomic E-state index is 11.4. The molecule has 4 heteroatoms. The zero-order chi connectivity index (χ0) is 12.3. The van der Waals surface area contributed by atoms with Crippen LogP contribution >= 0.6 is 0 Å². The Morgan fingerprint density at radius 1 is 1.33 bits per heavy atom. The number of halogens is 1. The summed E-state index contributed by atoms with van der Waals surface area (Å²) in [6, 6.07) is 0.460. The van der Waals surface area contributed by atoms with Crippen LogP contribution in [0.3, 0.4) is 0 Å². The zero-order valence-corrected chi connectivity index (χ0v) is 13.6. The summed E-state index contributed by atoms with van der Waals surface area (Å²) < 4.78 is 1.01. The lowest BCUT2D eigenvalue weighted by Crippen LogP contribution is -3.00. The molecule has 0 aliphatic carbocycles. The van der Waals surface area contributed by atoms with Gasteiger partial charge in [-0.15, -0.1) is 0 Å². The van der Waals surface area contributed by atoms with Crippen molar-refractivity contribution in [2.75, 3.05) is 33.7 Å². The highest BCUT2D eigenvalue weighted by Crippen LogP contribution is 2.20. The van der Waals surface area contributed by atoms with E-state index in [9.17, 15) is 4.79 Å². The van der Waals surface area contributed by atoms with Gasteiger partial charge in [-0.25, -0.2) is 0 Å². The van der Waals surface area contributed by atoms with E-state index in [2.05, 4.69) is 25.9 Å². The number of rotatable bonds is 1. The molecule has 1 atom stereocenters. The second-order valence-corrected chi connectivity index (χ2v) is 5.75. The van der Waals surface area contributed by atoms with E-state index in [4.69, 9.17) is 0 Å². The molecule has 0 unspecified atom stereocenters. The van der Waals surface area contributed by atoms with Gasteiger partial charge >= 0.3 is 0 Å². The molecule has 0 saturated carbocycles. The fraction of sp³-hybridized carbons (Fsp3) is 0.786. The van der Waals surface area contributed by atoms with E-state index in [1.54, 1.807) is 0 Å². The van der Waals surface area contributed by atoms with Crippen molar-refractivity contribution in [1.29, 1.82) is 0 Å². The summed E-state index contributed by atoms with van der Waals surface area (Å²) in [7, 11) is 4.53. The van der Waals surface area contributed by atoms with E-state index < -0.39 is 0 Å². The van der Waals surface area contributed by atoms with Crippen molar-refractivity contribution < 1.29 is 33.3 Å². The van der Waals surface area contributed by atoms with Crippen LogP contribution in [0.15, 0.2) is 0 Å². The Kier molecular flexibility index (Phi) is 5.93. The fourth-order valence-corrected chi connectivity index (χ4v) is 2.74. The normalized spacial score (nSPS) is 26.2. The summed E-state index contributed by atoms with van der Waals surface area (Å²) in [4.78, 5) is 13.3. The van der Waals surface area contributed by atoms with Crippen molar-refractivity contribution >= 4 is 5.91 Å². The summed E-state index contributed by atoms with van der Waals surface area (Å²) >= 11 is 0. The first-order valence-corrected chi connectivity index (χ1v) is 6.68. The lowest BCUT2D eigenvalue weighted by atomic mass is 10.0. The first kappa shape index (κ1) is 15.8. The second kappa shape index (κ2) is 6.76. The highest BCUT2D eigenvalue weighted by atomic mass is 127. The molecular formula is C14H23IN2O. The van der Waals surface area contributed by atoms with Crippen LogP contribution in [0.5, 0.6) is 0 Å². The molecule has 2 saturated heterocycles. The zero-order valence-electron chi connectivity index (χ0n) is 11.4. The van der Waals surface area contributed by atoms with Gasteiger partial charge in [0.15, 0.2) is 6.04 Å². The van der Waals surface area contributed by atoms with Crippen LogP contribution < -0.4 is 24.0 Å². The molecular weight excluding hydrogens is 339 g/mol. The minimum Gasteiger partial charge on any atom is -1.00 e. The fourth-order valence-electron chi connectivity index (χ4n) is 2.74. The van der Waals surface area contributed by atoms with Gasteiger partial charge in [-0.3, -0.25) is 4.79 Å². The summed E-state index contributed by atoms with van der Waals surface area (Å²) in [5.74, 6) is 6.88. The highest BCUT2D eigenvalue weighted by molar-refractivity contribution is 5.78. The molecule has 2 fully saturated rings. The van der Waals surface area contributed by atoms with Gasteiger partial charge < -0.3 is 33.4 Å². The van der Waals surface area contributed by atoms with E-state index in [-0.39, 0.29) is 29.9 Å². The van der Waals surface area contributed by atoms with Crippen LogP contribution in [0, 0.1) is 11.8 Å². The summed E-state index contributed by atoms with van der Waals surface area (Å²) in [5, 5.41) is 0. The molecule has 0 radical (unpaired) electrons. The number of hydrogen-bond donors (Lipinski definition) is 0. The number of piperidine rings is 1. The maximum absolute atomic E-state index is 11.4. The number of hydrogen-bond acceptors (Lipinski definition) is 1. The second-order valence-electron chi connectivity index (χ2n) is 5.75. The minimum atomic E-state index is 0. The van der Waals surface area contributed by atoms with Gasteiger partial charge in [0.1, 0.15) is 0 Å².